The number of hydrogen-bond donors (Lipinski definition) is 2. The second-order valence-electron chi connectivity index (χ2n) is 8.47. The van der Waals surface area contributed by atoms with E-state index in [9.17, 15) is 4.79 Å². The molecule has 1 aliphatic rings. The number of rotatable bonds is 2. The first-order chi connectivity index (χ1) is 14.8. The number of H-pyrrole nitrogens is 1. The van der Waals surface area contributed by atoms with Crippen LogP contribution in [0.25, 0.3) is 21.1 Å². The molecule has 10 heteroatoms. The van der Waals surface area contributed by atoms with E-state index in [0.717, 1.165) is 48.4 Å². The van der Waals surface area contributed by atoms with Gasteiger partial charge < -0.3 is 15.0 Å². The van der Waals surface area contributed by atoms with Crippen LogP contribution in [0.5, 0.6) is 0 Å². The number of hydrogen-bond acceptors (Lipinski definition) is 7. The lowest BCUT2D eigenvalue weighted by Crippen LogP contribution is -2.39. The molecule has 3 aromatic heterocycles. The molecule has 0 radical (unpaired) electrons. The normalized spacial score (nSPS) is 14.1. The molecule has 4 aromatic rings. The topological polar surface area (TPSA) is 96.0 Å². The standard InChI is InChI=1S/C21H21BrN6O2S/c1-21(2,3)30-20(29)28-5-4-12-16(9-28)31-19-17(12)18(23-10-24-19)26-15-6-11-8-25-27-14(11)7-13(15)22/h6-8,10H,4-5,9H2,1-3H3,(H,25,27)(H,23,24,26). The lowest BCUT2D eigenvalue weighted by molar-refractivity contribution is 0.0227. The van der Waals surface area contributed by atoms with Crippen molar-refractivity contribution in [3.05, 3.63) is 39.6 Å². The summed E-state index contributed by atoms with van der Waals surface area (Å²) in [4.78, 5) is 25.3. The molecule has 0 atom stereocenters. The number of ether oxygens (including phenoxy) is 1. The molecule has 0 aliphatic carbocycles. The van der Waals surface area contributed by atoms with Crippen molar-refractivity contribution in [2.45, 2.75) is 39.3 Å². The average Bonchev–Trinajstić information content (AvgIpc) is 3.30. The summed E-state index contributed by atoms with van der Waals surface area (Å²) < 4.78 is 6.46. The van der Waals surface area contributed by atoms with Crippen molar-refractivity contribution in [1.29, 1.82) is 0 Å². The maximum absolute atomic E-state index is 12.5. The van der Waals surface area contributed by atoms with Gasteiger partial charge in [0.25, 0.3) is 0 Å². The van der Waals surface area contributed by atoms with Crippen molar-refractivity contribution in [2.24, 2.45) is 0 Å². The smallest absolute Gasteiger partial charge is 0.410 e. The summed E-state index contributed by atoms with van der Waals surface area (Å²) in [5.74, 6) is 0.761. The Morgan fingerprint density at radius 3 is 2.97 bits per heavy atom. The van der Waals surface area contributed by atoms with Crippen LogP contribution in [-0.2, 0) is 17.7 Å². The molecule has 0 bridgehead atoms. The average molecular weight is 501 g/mol. The second kappa shape index (κ2) is 7.45. The fourth-order valence-electron chi connectivity index (χ4n) is 3.69. The molecule has 5 rings (SSSR count). The van der Waals surface area contributed by atoms with Crippen LogP contribution < -0.4 is 5.32 Å². The van der Waals surface area contributed by atoms with Crippen LogP contribution in [0.1, 0.15) is 31.2 Å². The minimum Gasteiger partial charge on any atom is -0.444 e. The quantitative estimate of drug-likeness (QED) is 0.384. The Morgan fingerprint density at radius 2 is 2.16 bits per heavy atom. The molecule has 0 fully saturated rings. The van der Waals surface area contributed by atoms with Crippen LogP contribution in [0, 0.1) is 0 Å². The lowest BCUT2D eigenvalue weighted by atomic mass is 10.1. The third kappa shape index (κ3) is 3.85. The number of halogens is 1. The first kappa shape index (κ1) is 20.2. The van der Waals surface area contributed by atoms with Gasteiger partial charge in [-0.3, -0.25) is 5.10 Å². The first-order valence-corrected chi connectivity index (χ1v) is 11.5. The number of carbonyl (C=O) groups is 1. The summed E-state index contributed by atoms with van der Waals surface area (Å²) in [6.07, 6.45) is 3.82. The van der Waals surface area contributed by atoms with Gasteiger partial charge in [0, 0.05) is 21.3 Å². The molecule has 4 heterocycles. The Bertz CT molecular complexity index is 1310. The maximum atomic E-state index is 12.5. The van der Waals surface area contributed by atoms with E-state index in [1.54, 1.807) is 28.8 Å². The van der Waals surface area contributed by atoms with E-state index >= 15 is 0 Å². The van der Waals surface area contributed by atoms with E-state index < -0.39 is 5.60 Å². The zero-order chi connectivity index (χ0) is 21.8. The zero-order valence-electron chi connectivity index (χ0n) is 17.3. The fraction of sp³-hybridized carbons (Fsp3) is 0.333. The van der Waals surface area contributed by atoms with Gasteiger partial charge in [-0.1, -0.05) is 0 Å². The molecule has 1 aliphatic heterocycles. The van der Waals surface area contributed by atoms with Crippen molar-refractivity contribution in [3.8, 4) is 0 Å². The number of carbonyl (C=O) groups excluding carboxylic acids is 1. The number of nitrogens with zero attached hydrogens (tertiary/aromatic N) is 4. The van der Waals surface area contributed by atoms with E-state index in [0.29, 0.717) is 13.1 Å². The Balaban J connectivity index is 1.48. The highest BCUT2D eigenvalue weighted by molar-refractivity contribution is 9.10. The molecule has 0 saturated heterocycles. The van der Waals surface area contributed by atoms with Crippen molar-refractivity contribution in [2.75, 3.05) is 11.9 Å². The minimum atomic E-state index is -0.510. The molecule has 0 saturated carbocycles. The van der Waals surface area contributed by atoms with Gasteiger partial charge in [0.15, 0.2) is 0 Å². The third-order valence-corrected chi connectivity index (χ3v) is 6.85. The predicted octanol–water partition coefficient (Wildman–Crippen LogP) is 5.37. The number of fused-ring (bicyclic) bond motifs is 4. The highest BCUT2D eigenvalue weighted by atomic mass is 79.9. The molecule has 0 unspecified atom stereocenters. The van der Waals surface area contributed by atoms with Crippen molar-refractivity contribution >= 4 is 66.0 Å². The largest absolute Gasteiger partial charge is 0.444 e. The molecular weight excluding hydrogens is 480 g/mol. The first-order valence-electron chi connectivity index (χ1n) is 9.91. The number of amides is 1. The van der Waals surface area contributed by atoms with Crippen LogP contribution in [0.15, 0.2) is 29.1 Å². The summed E-state index contributed by atoms with van der Waals surface area (Å²) in [5.41, 5.74) is 2.55. The van der Waals surface area contributed by atoms with Crippen molar-refractivity contribution < 1.29 is 9.53 Å². The van der Waals surface area contributed by atoms with Gasteiger partial charge in [-0.15, -0.1) is 11.3 Å². The van der Waals surface area contributed by atoms with Crippen molar-refractivity contribution in [1.82, 2.24) is 25.1 Å². The van der Waals surface area contributed by atoms with Crippen molar-refractivity contribution in [3.63, 3.8) is 0 Å². The summed E-state index contributed by atoms with van der Waals surface area (Å²) in [7, 11) is 0. The van der Waals surface area contributed by atoms with Crippen LogP contribution in [0.4, 0.5) is 16.3 Å². The highest BCUT2D eigenvalue weighted by Gasteiger charge is 2.29. The molecule has 2 N–H and O–H groups in total. The number of aromatic amines is 1. The van der Waals surface area contributed by atoms with E-state index in [-0.39, 0.29) is 6.09 Å². The molecular formula is C21H21BrN6O2S. The number of aromatic nitrogens is 4. The molecule has 160 valence electrons. The number of benzene rings is 1. The summed E-state index contributed by atoms with van der Waals surface area (Å²) in [5, 5.41) is 12.6. The highest BCUT2D eigenvalue weighted by Crippen LogP contribution is 2.39. The van der Waals surface area contributed by atoms with Gasteiger partial charge in [-0.25, -0.2) is 14.8 Å². The molecule has 31 heavy (non-hydrogen) atoms. The number of nitrogens with one attached hydrogen (secondary N) is 2. The second-order valence-corrected chi connectivity index (χ2v) is 10.4. The Kier molecular flexibility index (Phi) is 4.86. The van der Waals surface area contributed by atoms with Gasteiger partial charge in [0.1, 0.15) is 22.6 Å². The van der Waals surface area contributed by atoms with E-state index in [1.165, 1.54) is 5.56 Å². The van der Waals surface area contributed by atoms with Crippen LogP contribution in [0.3, 0.4) is 0 Å². The van der Waals surface area contributed by atoms with E-state index in [4.69, 9.17) is 4.74 Å². The third-order valence-electron chi connectivity index (χ3n) is 5.07. The van der Waals surface area contributed by atoms with Gasteiger partial charge >= 0.3 is 6.09 Å². The number of anilines is 2. The van der Waals surface area contributed by atoms with Crippen LogP contribution >= 0.6 is 27.3 Å². The predicted molar refractivity (Wildman–Crippen MR) is 125 cm³/mol. The van der Waals surface area contributed by atoms with Gasteiger partial charge in [0.2, 0.25) is 0 Å². The maximum Gasteiger partial charge on any atom is 0.410 e. The Morgan fingerprint density at radius 1 is 1.32 bits per heavy atom. The lowest BCUT2D eigenvalue weighted by Gasteiger charge is -2.30. The summed E-state index contributed by atoms with van der Waals surface area (Å²) in [6, 6.07) is 4.02. The van der Waals surface area contributed by atoms with E-state index in [2.05, 4.69) is 41.4 Å². The van der Waals surface area contributed by atoms with E-state index in [1.807, 2.05) is 32.9 Å². The summed E-state index contributed by atoms with van der Waals surface area (Å²) in [6.45, 7) is 6.77. The SMILES string of the molecule is CC(C)(C)OC(=O)N1CCc2c(sc3ncnc(Nc4cc5cn[nH]c5cc4Br)c23)C1. The van der Waals surface area contributed by atoms with Gasteiger partial charge in [-0.05, 0) is 60.8 Å². The number of thiophene rings is 1. The monoisotopic (exact) mass is 500 g/mol. The summed E-state index contributed by atoms with van der Waals surface area (Å²) >= 11 is 5.23. The van der Waals surface area contributed by atoms with Gasteiger partial charge in [-0.2, -0.15) is 5.10 Å². The Labute approximate surface area is 191 Å². The molecule has 0 spiro atoms. The zero-order valence-corrected chi connectivity index (χ0v) is 19.7. The fourth-order valence-corrected chi connectivity index (χ4v) is 5.34. The van der Waals surface area contributed by atoms with Gasteiger partial charge in [0.05, 0.1) is 29.3 Å². The Hall–Kier alpha value is -2.72. The minimum absolute atomic E-state index is 0.280. The van der Waals surface area contributed by atoms with Crippen LogP contribution in [-0.4, -0.2) is 43.3 Å². The molecule has 8 nitrogen and oxygen atoms in total. The molecule has 1 aromatic carbocycles. The van der Waals surface area contributed by atoms with Crippen LogP contribution in [0.2, 0.25) is 0 Å². The molecule has 1 amide bonds.